The fraction of sp³-hybridized carbons (Fsp3) is 0.462. The van der Waals surface area contributed by atoms with Crippen LogP contribution in [0.3, 0.4) is 0 Å². The van der Waals surface area contributed by atoms with Crippen molar-refractivity contribution in [2.24, 2.45) is 11.8 Å². The van der Waals surface area contributed by atoms with E-state index >= 15 is 0 Å². The number of nitrogens with zero attached hydrogens (tertiary/aromatic N) is 1. The van der Waals surface area contributed by atoms with E-state index in [1.54, 1.807) is 31.3 Å². The van der Waals surface area contributed by atoms with Gasteiger partial charge in [-0.1, -0.05) is 18.2 Å². The van der Waals surface area contributed by atoms with Crippen LogP contribution in [0.2, 0.25) is 0 Å². The second kappa shape index (κ2) is 3.49. The summed E-state index contributed by atoms with van der Waals surface area (Å²) in [5.74, 6) is -2.76. The first-order valence-electron chi connectivity index (χ1n) is 5.84. The average Bonchev–Trinajstić information content (AvgIpc) is 2.24. The molecule has 2 aliphatic rings. The van der Waals surface area contributed by atoms with Gasteiger partial charge in [-0.05, 0) is 18.1 Å². The van der Waals surface area contributed by atoms with Gasteiger partial charge in [0.2, 0.25) is 5.91 Å². The average molecular weight is 255 g/mol. The summed E-state index contributed by atoms with van der Waals surface area (Å²) in [7, 11) is 1.62. The van der Waals surface area contributed by atoms with Gasteiger partial charge in [0.15, 0.2) is 0 Å². The fourth-order valence-corrected chi connectivity index (χ4v) is 3.12. The molecule has 0 spiro atoms. The van der Waals surface area contributed by atoms with E-state index in [0.29, 0.717) is 11.3 Å². The molecule has 0 bridgehead atoms. The molecule has 0 radical (unpaired) electrons. The summed E-state index contributed by atoms with van der Waals surface area (Å²) in [5.41, 5.74) is 1.26. The summed E-state index contributed by atoms with van der Waals surface area (Å²) in [4.78, 5) is 13.5. The molecule has 0 saturated heterocycles. The van der Waals surface area contributed by atoms with E-state index in [-0.39, 0.29) is 12.3 Å². The summed E-state index contributed by atoms with van der Waals surface area (Å²) in [6.07, 6.45) is -4.30. The number of anilines is 1. The van der Waals surface area contributed by atoms with E-state index in [1.165, 1.54) is 4.90 Å². The van der Waals surface area contributed by atoms with Crippen LogP contribution in [-0.2, 0) is 4.79 Å². The monoisotopic (exact) mass is 255 g/mol. The molecule has 3 atom stereocenters. The van der Waals surface area contributed by atoms with Gasteiger partial charge in [0, 0.05) is 24.6 Å². The van der Waals surface area contributed by atoms with Crippen molar-refractivity contribution in [3.05, 3.63) is 29.8 Å². The minimum absolute atomic E-state index is 0.0777. The maximum Gasteiger partial charge on any atom is 0.392 e. The van der Waals surface area contributed by atoms with Crippen molar-refractivity contribution in [3.63, 3.8) is 0 Å². The first-order chi connectivity index (χ1) is 8.41. The van der Waals surface area contributed by atoms with Gasteiger partial charge in [0.05, 0.1) is 5.92 Å². The number of carbonyl (C=O) groups excluding carboxylic acids is 1. The minimum atomic E-state index is -4.22. The van der Waals surface area contributed by atoms with Crippen LogP contribution >= 0.6 is 0 Å². The standard InChI is InChI=1S/C13H12F3NO/c1-17-10-5-3-2-4-7(10)11-8(12(17)18)6-9(11)13(14,15)16/h2-5,8-9,11H,6H2,1H3/t8-,9+,11-/m1/s1. The van der Waals surface area contributed by atoms with E-state index < -0.39 is 23.9 Å². The summed E-state index contributed by atoms with van der Waals surface area (Å²) in [6.45, 7) is 0. The molecule has 1 aromatic rings. The van der Waals surface area contributed by atoms with Crippen molar-refractivity contribution in [2.45, 2.75) is 18.5 Å². The first kappa shape index (κ1) is 11.6. The van der Waals surface area contributed by atoms with Gasteiger partial charge >= 0.3 is 6.18 Å². The molecule has 5 heteroatoms. The second-order valence-corrected chi connectivity index (χ2v) is 4.97. The van der Waals surface area contributed by atoms with Crippen LogP contribution in [0, 0.1) is 11.8 Å². The van der Waals surface area contributed by atoms with Crippen LogP contribution in [0.4, 0.5) is 18.9 Å². The zero-order valence-electron chi connectivity index (χ0n) is 9.74. The summed E-state index contributed by atoms with van der Waals surface area (Å²) in [5, 5.41) is 0. The molecule has 1 fully saturated rings. The van der Waals surface area contributed by atoms with Gasteiger partial charge < -0.3 is 4.90 Å². The van der Waals surface area contributed by atoms with Crippen molar-refractivity contribution in [1.29, 1.82) is 0 Å². The Hall–Kier alpha value is -1.52. The van der Waals surface area contributed by atoms with E-state index in [1.807, 2.05) is 0 Å². The number of hydrogen-bond acceptors (Lipinski definition) is 1. The van der Waals surface area contributed by atoms with Crippen molar-refractivity contribution in [1.82, 2.24) is 0 Å². The molecular weight excluding hydrogens is 243 g/mol. The van der Waals surface area contributed by atoms with Gasteiger partial charge in [-0.25, -0.2) is 0 Å². The lowest BCUT2D eigenvalue weighted by atomic mass is 9.59. The highest BCUT2D eigenvalue weighted by atomic mass is 19.4. The van der Waals surface area contributed by atoms with Crippen LogP contribution in [0.1, 0.15) is 17.9 Å². The smallest absolute Gasteiger partial charge is 0.315 e. The van der Waals surface area contributed by atoms with Crippen molar-refractivity contribution in [2.75, 3.05) is 11.9 Å². The SMILES string of the molecule is CN1C(=O)[C@@H]2C[C@H](C(F)(F)F)[C@@H]2c2ccccc21. The largest absolute Gasteiger partial charge is 0.392 e. The highest BCUT2D eigenvalue weighted by molar-refractivity contribution is 5.99. The van der Waals surface area contributed by atoms with Crippen molar-refractivity contribution >= 4 is 11.6 Å². The molecule has 0 aromatic heterocycles. The van der Waals surface area contributed by atoms with E-state index in [9.17, 15) is 18.0 Å². The lowest BCUT2D eigenvalue weighted by Gasteiger charge is -2.50. The highest BCUT2D eigenvalue weighted by Gasteiger charge is 2.60. The number of carbonyl (C=O) groups is 1. The molecule has 1 saturated carbocycles. The molecule has 0 unspecified atom stereocenters. The molecule has 1 aliphatic heterocycles. The molecule has 3 rings (SSSR count). The number of alkyl halides is 3. The Morgan fingerprint density at radius 2 is 1.94 bits per heavy atom. The van der Waals surface area contributed by atoms with Crippen LogP contribution in [-0.4, -0.2) is 19.1 Å². The van der Waals surface area contributed by atoms with Crippen molar-refractivity contribution < 1.29 is 18.0 Å². The van der Waals surface area contributed by atoms with Gasteiger partial charge in [0.1, 0.15) is 0 Å². The topological polar surface area (TPSA) is 20.3 Å². The summed E-state index contributed by atoms with van der Waals surface area (Å²) < 4.78 is 38.6. The Morgan fingerprint density at radius 3 is 2.61 bits per heavy atom. The van der Waals surface area contributed by atoms with Crippen LogP contribution in [0.5, 0.6) is 0 Å². The number of rotatable bonds is 0. The molecule has 2 nitrogen and oxygen atoms in total. The Labute approximate surface area is 102 Å². The predicted molar refractivity (Wildman–Crippen MR) is 60.2 cm³/mol. The van der Waals surface area contributed by atoms with Crippen LogP contribution < -0.4 is 4.90 Å². The zero-order chi connectivity index (χ0) is 13.1. The third-order valence-corrected chi connectivity index (χ3v) is 4.10. The maximum absolute atomic E-state index is 12.9. The summed E-state index contributed by atoms with van der Waals surface area (Å²) in [6, 6.07) is 6.87. The third kappa shape index (κ3) is 1.39. The quantitative estimate of drug-likeness (QED) is 0.698. The number of halogens is 3. The van der Waals surface area contributed by atoms with Gasteiger partial charge in [-0.15, -0.1) is 0 Å². The molecule has 0 N–H and O–H groups in total. The molecule has 96 valence electrons. The Morgan fingerprint density at radius 1 is 1.28 bits per heavy atom. The molecule has 1 aromatic carbocycles. The Bertz CT molecular complexity index is 511. The van der Waals surface area contributed by atoms with Crippen LogP contribution in [0.15, 0.2) is 24.3 Å². The Balaban J connectivity index is 2.07. The lowest BCUT2D eigenvalue weighted by molar-refractivity contribution is -0.213. The molecule has 1 aliphatic carbocycles. The molecule has 1 amide bonds. The number of amides is 1. The minimum Gasteiger partial charge on any atom is -0.315 e. The number of para-hydroxylation sites is 1. The normalized spacial score (nSPS) is 30.6. The number of benzene rings is 1. The molecule has 1 heterocycles. The molecular formula is C13H12F3NO. The van der Waals surface area contributed by atoms with Gasteiger partial charge in [-0.2, -0.15) is 13.2 Å². The van der Waals surface area contributed by atoms with Gasteiger partial charge in [0.25, 0.3) is 0 Å². The second-order valence-electron chi connectivity index (χ2n) is 4.97. The van der Waals surface area contributed by atoms with Gasteiger partial charge in [-0.3, -0.25) is 4.79 Å². The highest BCUT2D eigenvalue weighted by Crippen LogP contribution is 2.59. The Kier molecular flexibility index (Phi) is 2.24. The van der Waals surface area contributed by atoms with E-state index in [4.69, 9.17) is 0 Å². The van der Waals surface area contributed by atoms with E-state index in [0.717, 1.165) is 0 Å². The predicted octanol–water partition coefficient (Wildman–Crippen LogP) is 2.95. The third-order valence-electron chi connectivity index (χ3n) is 4.10. The number of fused-ring (bicyclic) bond motifs is 3. The van der Waals surface area contributed by atoms with Crippen LogP contribution in [0.25, 0.3) is 0 Å². The fourth-order valence-electron chi connectivity index (χ4n) is 3.12. The number of hydrogen-bond donors (Lipinski definition) is 0. The maximum atomic E-state index is 12.9. The first-order valence-corrected chi connectivity index (χ1v) is 5.84. The molecule has 18 heavy (non-hydrogen) atoms. The lowest BCUT2D eigenvalue weighted by Crippen LogP contribution is -2.54. The zero-order valence-corrected chi connectivity index (χ0v) is 9.74. The van der Waals surface area contributed by atoms with E-state index in [2.05, 4.69) is 0 Å². The van der Waals surface area contributed by atoms with Crippen molar-refractivity contribution in [3.8, 4) is 0 Å². The summed E-state index contributed by atoms with van der Waals surface area (Å²) >= 11 is 0.